The number of carbonyl (C=O) groups excluding carboxylic acids is 1. The van der Waals surface area contributed by atoms with E-state index in [-0.39, 0.29) is 12.6 Å². The molecule has 0 atom stereocenters. The highest BCUT2D eigenvalue weighted by molar-refractivity contribution is 5.69. The van der Waals surface area contributed by atoms with Gasteiger partial charge in [0.1, 0.15) is 0 Å². The summed E-state index contributed by atoms with van der Waals surface area (Å²) in [5.41, 5.74) is 2.09. The molecule has 0 spiro atoms. The highest BCUT2D eigenvalue weighted by Crippen LogP contribution is 2.08. The smallest absolute Gasteiger partial charge is 0.305 e. The van der Waals surface area contributed by atoms with Gasteiger partial charge in [-0.05, 0) is 30.9 Å². The molecule has 16 heavy (non-hydrogen) atoms. The summed E-state index contributed by atoms with van der Waals surface area (Å²) in [7, 11) is 0. The van der Waals surface area contributed by atoms with Gasteiger partial charge in [0.15, 0.2) is 0 Å². The van der Waals surface area contributed by atoms with Gasteiger partial charge in [0.2, 0.25) is 0 Å². The number of hydrogen-bond donors (Lipinski definition) is 1. The van der Waals surface area contributed by atoms with Crippen molar-refractivity contribution in [1.29, 1.82) is 0 Å². The van der Waals surface area contributed by atoms with Crippen LogP contribution in [0.4, 0.5) is 0 Å². The van der Waals surface area contributed by atoms with Crippen LogP contribution in [-0.2, 0) is 22.6 Å². The van der Waals surface area contributed by atoms with Crippen molar-refractivity contribution < 1.29 is 14.6 Å². The molecule has 3 heteroatoms. The SMILES string of the molecule is CCOC(=O)CCCc1ccc(CO)cc1. The van der Waals surface area contributed by atoms with Gasteiger partial charge in [-0.3, -0.25) is 4.79 Å². The van der Waals surface area contributed by atoms with Crippen LogP contribution in [0, 0.1) is 0 Å². The lowest BCUT2D eigenvalue weighted by atomic mass is 10.1. The van der Waals surface area contributed by atoms with Crippen molar-refractivity contribution >= 4 is 5.97 Å². The minimum atomic E-state index is -0.130. The number of aliphatic hydroxyl groups excluding tert-OH is 1. The van der Waals surface area contributed by atoms with Crippen molar-refractivity contribution in [1.82, 2.24) is 0 Å². The predicted molar refractivity (Wildman–Crippen MR) is 61.9 cm³/mol. The molecule has 0 amide bonds. The molecule has 0 aliphatic heterocycles. The first-order valence-corrected chi connectivity index (χ1v) is 5.60. The van der Waals surface area contributed by atoms with Gasteiger partial charge in [-0.1, -0.05) is 24.3 Å². The van der Waals surface area contributed by atoms with Crippen molar-refractivity contribution in [2.24, 2.45) is 0 Å². The summed E-state index contributed by atoms with van der Waals surface area (Å²) in [5.74, 6) is -0.130. The second-order valence-corrected chi connectivity index (χ2v) is 3.63. The van der Waals surface area contributed by atoms with Crippen LogP contribution in [0.1, 0.15) is 30.9 Å². The molecular weight excluding hydrogens is 204 g/mol. The maximum Gasteiger partial charge on any atom is 0.305 e. The number of esters is 1. The lowest BCUT2D eigenvalue weighted by molar-refractivity contribution is -0.143. The Morgan fingerprint density at radius 2 is 1.88 bits per heavy atom. The molecule has 0 aliphatic carbocycles. The van der Waals surface area contributed by atoms with Crippen LogP contribution < -0.4 is 0 Å². The molecule has 0 aromatic heterocycles. The second-order valence-electron chi connectivity index (χ2n) is 3.63. The summed E-state index contributed by atoms with van der Waals surface area (Å²) in [6, 6.07) is 7.77. The molecule has 0 saturated heterocycles. The van der Waals surface area contributed by atoms with Crippen molar-refractivity contribution in [2.45, 2.75) is 32.8 Å². The van der Waals surface area contributed by atoms with Gasteiger partial charge in [-0.15, -0.1) is 0 Å². The highest BCUT2D eigenvalue weighted by Gasteiger charge is 2.01. The van der Waals surface area contributed by atoms with Gasteiger partial charge in [0.05, 0.1) is 13.2 Å². The molecular formula is C13H18O3. The van der Waals surface area contributed by atoms with E-state index < -0.39 is 0 Å². The van der Waals surface area contributed by atoms with Crippen LogP contribution in [0.25, 0.3) is 0 Å². The Morgan fingerprint density at radius 1 is 1.25 bits per heavy atom. The lowest BCUT2D eigenvalue weighted by Gasteiger charge is -2.03. The summed E-state index contributed by atoms with van der Waals surface area (Å²) in [6.07, 6.45) is 2.14. The van der Waals surface area contributed by atoms with Gasteiger partial charge in [-0.25, -0.2) is 0 Å². The largest absolute Gasteiger partial charge is 0.466 e. The van der Waals surface area contributed by atoms with E-state index in [1.165, 1.54) is 5.56 Å². The number of hydrogen-bond acceptors (Lipinski definition) is 3. The molecule has 0 unspecified atom stereocenters. The highest BCUT2D eigenvalue weighted by atomic mass is 16.5. The Bertz CT molecular complexity index is 316. The quantitative estimate of drug-likeness (QED) is 0.749. The zero-order valence-corrected chi connectivity index (χ0v) is 9.61. The number of aliphatic hydroxyl groups is 1. The van der Waals surface area contributed by atoms with Crippen LogP contribution in [0.2, 0.25) is 0 Å². The van der Waals surface area contributed by atoms with Gasteiger partial charge >= 0.3 is 5.97 Å². The number of rotatable bonds is 6. The summed E-state index contributed by atoms with van der Waals surface area (Å²) < 4.78 is 4.84. The van der Waals surface area contributed by atoms with E-state index in [1.807, 2.05) is 31.2 Å². The minimum absolute atomic E-state index is 0.0725. The Balaban J connectivity index is 2.29. The van der Waals surface area contributed by atoms with Gasteiger partial charge in [0, 0.05) is 6.42 Å². The zero-order chi connectivity index (χ0) is 11.8. The van der Waals surface area contributed by atoms with Gasteiger partial charge in [-0.2, -0.15) is 0 Å². The summed E-state index contributed by atoms with van der Waals surface area (Å²) in [6.45, 7) is 2.33. The number of benzene rings is 1. The third-order valence-corrected chi connectivity index (χ3v) is 2.36. The number of carbonyl (C=O) groups is 1. The third kappa shape index (κ3) is 4.45. The topological polar surface area (TPSA) is 46.5 Å². The first-order chi connectivity index (χ1) is 7.76. The molecule has 0 heterocycles. The van der Waals surface area contributed by atoms with Gasteiger partial charge in [0.25, 0.3) is 0 Å². The first kappa shape index (κ1) is 12.7. The van der Waals surface area contributed by atoms with Crippen LogP contribution in [0.3, 0.4) is 0 Å². The maximum atomic E-state index is 11.1. The van der Waals surface area contributed by atoms with Crippen LogP contribution in [0.15, 0.2) is 24.3 Å². The molecule has 1 aromatic carbocycles. The maximum absolute atomic E-state index is 11.1. The number of aryl methyl sites for hydroxylation is 1. The molecule has 1 aromatic rings. The minimum Gasteiger partial charge on any atom is -0.466 e. The Hall–Kier alpha value is -1.35. The standard InChI is InChI=1S/C13H18O3/c1-2-16-13(15)5-3-4-11-6-8-12(10-14)9-7-11/h6-9,14H,2-5,10H2,1H3. The fourth-order valence-corrected chi connectivity index (χ4v) is 1.48. The van der Waals surface area contributed by atoms with E-state index in [0.717, 1.165) is 18.4 Å². The molecule has 0 bridgehead atoms. The van der Waals surface area contributed by atoms with Gasteiger partial charge < -0.3 is 9.84 Å². The first-order valence-electron chi connectivity index (χ1n) is 5.60. The summed E-state index contributed by atoms with van der Waals surface area (Å²) in [5, 5.41) is 8.88. The van der Waals surface area contributed by atoms with E-state index in [2.05, 4.69) is 0 Å². The molecule has 0 aliphatic rings. The fraction of sp³-hybridized carbons (Fsp3) is 0.462. The molecule has 3 nitrogen and oxygen atoms in total. The van der Waals surface area contributed by atoms with E-state index >= 15 is 0 Å². The normalized spacial score (nSPS) is 10.1. The van der Waals surface area contributed by atoms with E-state index in [4.69, 9.17) is 9.84 Å². The summed E-state index contributed by atoms with van der Waals surface area (Å²) in [4.78, 5) is 11.1. The monoisotopic (exact) mass is 222 g/mol. The number of ether oxygens (including phenoxy) is 1. The van der Waals surface area contributed by atoms with Crippen molar-refractivity contribution in [3.05, 3.63) is 35.4 Å². The van der Waals surface area contributed by atoms with Crippen molar-refractivity contribution in [3.63, 3.8) is 0 Å². The zero-order valence-electron chi connectivity index (χ0n) is 9.61. The lowest BCUT2D eigenvalue weighted by Crippen LogP contribution is -2.04. The van der Waals surface area contributed by atoms with Crippen LogP contribution in [0.5, 0.6) is 0 Å². The Kier molecular flexibility index (Phi) is 5.57. The van der Waals surface area contributed by atoms with E-state index in [9.17, 15) is 4.79 Å². The van der Waals surface area contributed by atoms with Crippen LogP contribution >= 0.6 is 0 Å². The third-order valence-electron chi connectivity index (χ3n) is 2.36. The molecule has 0 fully saturated rings. The molecule has 1 rings (SSSR count). The average molecular weight is 222 g/mol. The second kappa shape index (κ2) is 7.01. The molecule has 0 saturated carbocycles. The fourth-order valence-electron chi connectivity index (χ4n) is 1.48. The Labute approximate surface area is 96.1 Å². The van der Waals surface area contributed by atoms with E-state index in [1.54, 1.807) is 0 Å². The Morgan fingerprint density at radius 3 is 2.44 bits per heavy atom. The summed E-state index contributed by atoms with van der Waals surface area (Å²) >= 11 is 0. The average Bonchev–Trinajstić information content (AvgIpc) is 2.30. The van der Waals surface area contributed by atoms with E-state index in [0.29, 0.717) is 13.0 Å². The van der Waals surface area contributed by atoms with Crippen molar-refractivity contribution in [2.75, 3.05) is 6.61 Å². The predicted octanol–water partition coefficient (Wildman–Crippen LogP) is 2.06. The van der Waals surface area contributed by atoms with Crippen molar-refractivity contribution in [3.8, 4) is 0 Å². The molecule has 1 N–H and O–H groups in total. The van der Waals surface area contributed by atoms with Crippen LogP contribution in [-0.4, -0.2) is 17.7 Å². The molecule has 88 valence electrons. The molecule has 0 radical (unpaired) electrons.